The third-order valence-electron chi connectivity index (χ3n) is 3.25. The van der Waals surface area contributed by atoms with E-state index in [4.69, 9.17) is 0 Å². The SMILES string of the molecule is CC[C@H](C)NC(=O)[C@H](C)n1sc2ccccc2c1=O. The lowest BCUT2D eigenvalue weighted by molar-refractivity contribution is -0.124. The molecule has 0 spiro atoms. The van der Waals surface area contributed by atoms with Gasteiger partial charge in [0.15, 0.2) is 0 Å². The van der Waals surface area contributed by atoms with Gasteiger partial charge in [-0.05, 0) is 32.4 Å². The molecule has 1 heterocycles. The van der Waals surface area contributed by atoms with Crippen LogP contribution < -0.4 is 10.9 Å². The molecule has 0 bridgehead atoms. The van der Waals surface area contributed by atoms with Gasteiger partial charge in [0.05, 0.1) is 10.1 Å². The van der Waals surface area contributed by atoms with Crippen molar-refractivity contribution >= 4 is 27.5 Å². The number of benzene rings is 1. The summed E-state index contributed by atoms with van der Waals surface area (Å²) >= 11 is 1.34. The van der Waals surface area contributed by atoms with Gasteiger partial charge < -0.3 is 5.32 Å². The molecule has 4 nitrogen and oxygen atoms in total. The third kappa shape index (κ3) is 2.71. The fraction of sp³-hybridized carbons (Fsp3) is 0.429. The average molecular weight is 278 g/mol. The van der Waals surface area contributed by atoms with Crippen LogP contribution in [-0.2, 0) is 4.79 Å². The van der Waals surface area contributed by atoms with E-state index in [-0.39, 0.29) is 17.5 Å². The maximum atomic E-state index is 12.2. The fourth-order valence-electron chi connectivity index (χ4n) is 1.82. The lowest BCUT2D eigenvalue weighted by atomic mass is 10.2. The summed E-state index contributed by atoms with van der Waals surface area (Å²) in [6.45, 7) is 5.73. The zero-order chi connectivity index (χ0) is 14.0. The minimum Gasteiger partial charge on any atom is -0.352 e. The first kappa shape index (κ1) is 13.8. The summed E-state index contributed by atoms with van der Waals surface area (Å²) in [6.07, 6.45) is 0.875. The first-order valence-electron chi connectivity index (χ1n) is 6.45. The topological polar surface area (TPSA) is 51.1 Å². The molecular weight excluding hydrogens is 260 g/mol. The van der Waals surface area contributed by atoms with Crippen molar-refractivity contribution < 1.29 is 4.79 Å². The number of rotatable bonds is 4. The second-order valence-corrected chi connectivity index (χ2v) is 5.73. The van der Waals surface area contributed by atoms with Gasteiger partial charge in [0.25, 0.3) is 5.56 Å². The molecule has 0 aliphatic rings. The van der Waals surface area contributed by atoms with Crippen LogP contribution in [0.2, 0.25) is 0 Å². The zero-order valence-corrected chi connectivity index (χ0v) is 12.2. The van der Waals surface area contributed by atoms with Gasteiger partial charge in [-0.1, -0.05) is 30.6 Å². The maximum absolute atomic E-state index is 12.2. The van der Waals surface area contributed by atoms with Crippen LogP contribution in [0.4, 0.5) is 0 Å². The summed E-state index contributed by atoms with van der Waals surface area (Å²) < 4.78 is 2.46. The predicted octanol–water partition coefficient (Wildman–Crippen LogP) is 2.54. The largest absolute Gasteiger partial charge is 0.352 e. The summed E-state index contributed by atoms with van der Waals surface area (Å²) in [5.41, 5.74) is -0.0904. The van der Waals surface area contributed by atoms with Crippen LogP contribution in [-0.4, -0.2) is 15.9 Å². The number of carbonyl (C=O) groups is 1. The van der Waals surface area contributed by atoms with E-state index in [0.717, 1.165) is 11.1 Å². The highest BCUT2D eigenvalue weighted by Gasteiger charge is 2.20. The number of nitrogens with one attached hydrogen (secondary N) is 1. The number of hydrogen-bond donors (Lipinski definition) is 1. The van der Waals surface area contributed by atoms with Gasteiger partial charge in [0.1, 0.15) is 6.04 Å². The number of hydrogen-bond acceptors (Lipinski definition) is 3. The Morgan fingerprint density at radius 3 is 2.68 bits per heavy atom. The number of carbonyl (C=O) groups excluding carboxylic acids is 1. The van der Waals surface area contributed by atoms with Crippen LogP contribution >= 0.6 is 11.5 Å². The van der Waals surface area contributed by atoms with E-state index in [1.807, 2.05) is 32.0 Å². The van der Waals surface area contributed by atoms with Crippen LogP contribution in [0.5, 0.6) is 0 Å². The standard InChI is InChI=1S/C14H18N2O2S/c1-4-9(2)15-13(17)10(3)16-14(18)11-7-5-6-8-12(11)19-16/h5-10H,4H2,1-3H3,(H,15,17)/t9-,10-/m0/s1. The van der Waals surface area contributed by atoms with Gasteiger partial charge in [-0.25, -0.2) is 0 Å². The van der Waals surface area contributed by atoms with Crippen molar-refractivity contribution in [3.63, 3.8) is 0 Å². The molecule has 0 saturated carbocycles. The molecule has 0 aliphatic carbocycles. The summed E-state index contributed by atoms with van der Waals surface area (Å²) in [5, 5.41) is 3.58. The number of aromatic nitrogens is 1. The van der Waals surface area contributed by atoms with E-state index >= 15 is 0 Å². The summed E-state index contributed by atoms with van der Waals surface area (Å²) in [4.78, 5) is 24.3. The van der Waals surface area contributed by atoms with Gasteiger partial charge in [0.2, 0.25) is 5.91 Å². The van der Waals surface area contributed by atoms with Gasteiger partial charge >= 0.3 is 0 Å². The molecule has 0 aliphatic heterocycles. The Bertz CT molecular complexity index is 644. The summed E-state index contributed by atoms with van der Waals surface area (Å²) in [6, 6.07) is 7.08. The first-order chi connectivity index (χ1) is 9.04. The normalized spacial score (nSPS) is 14.3. The van der Waals surface area contributed by atoms with Crippen molar-refractivity contribution in [2.75, 3.05) is 0 Å². The Balaban J connectivity index is 2.31. The lowest BCUT2D eigenvalue weighted by Gasteiger charge is -2.16. The van der Waals surface area contributed by atoms with Crippen molar-refractivity contribution in [2.24, 2.45) is 0 Å². The quantitative estimate of drug-likeness (QED) is 0.934. The first-order valence-corrected chi connectivity index (χ1v) is 7.22. The number of fused-ring (bicyclic) bond motifs is 1. The molecular formula is C14H18N2O2S. The Labute approximate surface area is 116 Å². The Kier molecular flexibility index (Phi) is 4.04. The zero-order valence-electron chi connectivity index (χ0n) is 11.3. The summed E-state index contributed by atoms with van der Waals surface area (Å²) in [7, 11) is 0. The minimum absolute atomic E-state index is 0.0904. The van der Waals surface area contributed by atoms with Crippen molar-refractivity contribution in [2.45, 2.75) is 39.3 Å². The molecule has 102 valence electrons. The van der Waals surface area contributed by atoms with Crippen LogP contribution in [0.15, 0.2) is 29.1 Å². The number of amides is 1. The molecule has 1 aromatic heterocycles. The molecule has 1 aromatic carbocycles. The molecule has 1 amide bonds. The molecule has 0 saturated heterocycles. The Morgan fingerprint density at radius 1 is 1.37 bits per heavy atom. The highest BCUT2D eigenvalue weighted by Crippen LogP contribution is 2.19. The number of nitrogens with zero attached hydrogens (tertiary/aromatic N) is 1. The van der Waals surface area contributed by atoms with Crippen LogP contribution in [0.1, 0.15) is 33.2 Å². The predicted molar refractivity (Wildman–Crippen MR) is 78.7 cm³/mol. The molecule has 2 rings (SSSR count). The van der Waals surface area contributed by atoms with Crippen molar-refractivity contribution in [3.05, 3.63) is 34.6 Å². The third-order valence-corrected chi connectivity index (χ3v) is 4.48. The average Bonchev–Trinajstić information content (AvgIpc) is 2.75. The minimum atomic E-state index is -0.473. The second kappa shape index (κ2) is 5.57. The van der Waals surface area contributed by atoms with Gasteiger partial charge in [-0.15, -0.1) is 0 Å². The van der Waals surface area contributed by atoms with Gasteiger partial charge in [-0.3, -0.25) is 13.5 Å². The van der Waals surface area contributed by atoms with E-state index < -0.39 is 6.04 Å². The highest BCUT2D eigenvalue weighted by molar-refractivity contribution is 7.13. The molecule has 1 N–H and O–H groups in total. The van der Waals surface area contributed by atoms with Gasteiger partial charge in [-0.2, -0.15) is 0 Å². The second-order valence-electron chi connectivity index (χ2n) is 4.71. The monoisotopic (exact) mass is 278 g/mol. The lowest BCUT2D eigenvalue weighted by Crippen LogP contribution is -2.38. The highest BCUT2D eigenvalue weighted by atomic mass is 32.1. The molecule has 2 aromatic rings. The van der Waals surface area contributed by atoms with E-state index in [1.54, 1.807) is 16.9 Å². The molecule has 19 heavy (non-hydrogen) atoms. The molecule has 0 fully saturated rings. The van der Waals surface area contributed by atoms with E-state index in [9.17, 15) is 9.59 Å². The molecule has 5 heteroatoms. The maximum Gasteiger partial charge on any atom is 0.269 e. The Hall–Kier alpha value is -1.62. The van der Waals surface area contributed by atoms with Crippen LogP contribution in [0, 0.1) is 0 Å². The van der Waals surface area contributed by atoms with E-state index in [1.165, 1.54) is 11.5 Å². The molecule has 2 atom stereocenters. The van der Waals surface area contributed by atoms with Crippen molar-refractivity contribution in [1.82, 2.24) is 9.27 Å². The molecule has 0 unspecified atom stereocenters. The fourth-order valence-corrected chi connectivity index (χ4v) is 2.86. The van der Waals surface area contributed by atoms with E-state index in [0.29, 0.717) is 5.39 Å². The summed E-state index contributed by atoms with van der Waals surface area (Å²) in [5.74, 6) is -0.108. The van der Waals surface area contributed by atoms with Gasteiger partial charge in [0, 0.05) is 6.04 Å². The van der Waals surface area contributed by atoms with E-state index in [2.05, 4.69) is 5.32 Å². The Morgan fingerprint density at radius 2 is 2.05 bits per heavy atom. The smallest absolute Gasteiger partial charge is 0.269 e. The molecule has 0 radical (unpaired) electrons. The van der Waals surface area contributed by atoms with Crippen LogP contribution in [0.3, 0.4) is 0 Å². The van der Waals surface area contributed by atoms with Crippen molar-refractivity contribution in [1.29, 1.82) is 0 Å². The van der Waals surface area contributed by atoms with Crippen molar-refractivity contribution in [3.8, 4) is 0 Å². The van der Waals surface area contributed by atoms with Crippen LogP contribution in [0.25, 0.3) is 10.1 Å².